The predicted octanol–water partition coefficient (Wildman–Crippen LogP) is 4.96. The summed E-state index contributed by atoms with van der Waals surface area (Å²) in [7, 11) is 0. The van der Waals surface area contributed by atoms with Crippen LogP contribution < -0.4 is 10.5 Å². The number of carbonyl (C=O) groups is 1. The lowest BCUT2D eigenvalue weighted by molar-refractivity contribution is -0.124. The molecule has 1 amide bonds. The number of hydrogen-bond acceptors (Lipinski definition) is 6. The van der Waals surface area contributed by atoms with Crippen molar-refractivity contribution in [2.24, 2.45) is 0 Å². The molecule has 2 saturated heterocycles. The van der Waals surface area contributed by atoms with Gasteiger partial charge >= 0.3 is 0 Å². The minimum atomic E-state index is -0.247. The van der Waals surface area contributed by atoms with Gasteiger partial charge in [-0.25, -0.2) is 0 Å². The second-order valence-corrected chi connectivity index (χ2v) is 10.8. The van der Waals surface area contributed by atoms with E-state index in [0.29, 0.717) is 21.3 Å². The maximum Gasteiger partial charge on any atom is 0.270 e. The Bertz CT molecular complexity index is 1070. The maximum absolute atomic E-state index is 13.5. The first-order valence-corrected chi connectivity index (χ1v) is 13.4. The molecule has 0 bridgehead atoms. The van der Waals surface area contributed by atoms with Gasteiger partial charge in [0.15, 0.2) is 0 Å². The Hall–Kier alpha value is -2.11. The van der Waals surface area contributed by atoms with Gasteiger partial charge in [0.2, 0.25) is 0 Å². The summed E-state index contributed by atoms with van der Waals surface area (Å²) in [6, 6.07) is 2.30. The largest absolute Gasteiger partial charge is 0.357 e. The van der Waals surface area contributed by atoms with Gasteiger partial charge in [-0.05, 0) is 51.2 Å². The molecule has 0 spiro atoms. The number of thioether (sulfide) groups is 1. The van der Waals surface area contributed by atoms with E-state index < -0.39 is 0 Å². The van der Waals surface area contributed by atoms with Gasteiger partial charge in [0, 0.05) is 31.2 Å². The molecule has 8 heteroatoms. The summed E-state index contributed by atoms with van der Waals surface area (Å²) in [5, 5.41) is 9.76. The van der Waals surface area contributed by atoms with Crippen LogP contribution in [0.25, 0.3) is 6.08 Å². The van der Waals surface area contributed by atoms with Gasteiger partial charge in [-0.15, -0.1) is 0 Å². The van der Waals surface area contributed by atoms with Crippen molar-refractivity contribution in [2.45, 2.75) is 84.2 Å². The van der Waals surface area contributed by atoms with Gasteiger partial charge in [0.05, 0.1) is 4.91 Å². The van der Waals surface area contributed by atoms with Crippen LogP contribution in [0.15, 0.2) is 9.70 Å². The fourth-order valence-electron chi connectivity index (χ4n) is 5.33. The minimum absolute atomic E-state index is 0.0362. The van der Waals surface area contributed by atoms with E-state index in [9.17, 15) is 14.9 Å². The zero-order valence-corrected chi connectivity index (χ0v) is 21.2. The Morgan fingerprint density at radius 1 is 1.09 bits per heavy atom. The van der Waals surface area contributed by atoms with E-state index >= 15 is 0 Å². The van der Waals surface area contributed by atoms with Crippen LogP contribution in [-0.2, 0) is 11.3 Å². The molecule has 3 aliphatic rings. The van der Waals surface area contributed by atoms with E-state index in [-0.39, 0.29) is 23.1 Å². The predicted molar refractivity (Wildman–Crippen MR) is 138 cm³/mol. The lowest BCUT2D eigenvalue weighted by Crippen LogP contribution is -2.39. The third kappa shape index (κ3) is 4.63. The number of hydrogen-bond donors (Lipinski definition) is 0. The van der Waals surface area contributed by atoms with Crippen molar-refractivity contribution in [3.8, 4) is 6.07 Å². The fraction of sp³-hybridized carbons (Fsp3) is 0.600. The van der Waals surface area contributed by atoms with E-state index in [1.54, 1.807) is 4.57 Å². The zero-order chi connectivity index (χ0) is 23.5. The Balaban J connectivity index is 1.83. The molecule has 2 aliphatic heterocycles. The first-order chi connectivity index (χ1) is 16.0. The SMILES string of the molecule is CCn1c(N2CCCCCC2)c(/C=C2\SC(=S)N(C3CCCCC3)C2=O)c(C)c(C#N)c1=O. The van der Waals surface area contributed by atoms with Gasteiger partial charge in [-0.3, -0.25) is 19.1 Å². The molecule has 1 aliphatic carbocycles. The second kappa shape index (κ2) is 10.4. The van der Waals surface area contributed by atoms with Gasteiger partial charge < -0.3 is 4.90 Å². The van der Waals surface area contributed by atoms with Crippen LogP contribution in [0, 0.1) is 18.3 Å². The average molecular weight is 485 g/mol. The molecule has 0 radical (unpaired) electrons. The lowest BCUT2D eigenvalue weighted by Gasteiger charge is -2.30. The zero-order valence-electron chi connectivity index (χ0n) is 19.6. The monoisotopic (exact) mass is 484 g/mol. The Morgan fingerprint density at radius 3 is 2.33 bits per heavy atom. The van der Waals surface area contributed by atoms with Crippen molar-refractivity contribution in [1.82, 2.24) is 9.47 Å². The number of thiocarbonyl (C=S) groups is 1. The van der Waals surface area contributed by atoms with Crippen LogP contribution in [0.4, 0.5) is 5.82 Å². The van der Waals surface area contributed by atoms with Crippen molar-refractivity contribution in [3.63, 3.8) is 0 Å². The van der Waals surface area contributed by atoms with Crippen molar-refractivity contribution in [1.29, 1.82) is 5.26 Å². The Morgan fingerprint density at radius 2 is 1.73 bits per heavy atom. The van der Waals surface area contributed by atoms with E-state index in [2.05, 4.69) is 11.0 Å². The van der Waals surface area contributed by atoms with Crippen molar-refractivity contribution < 1.29 is 4.79 Å². The highest BCUT2D eigenvalue weighted by molar-refractivity contribution is 8.26. The normalized spacial score (nSPS) is 21.5. The molecular weight excluding hydrogens is 452 g/mol. The lowest BCUT2D eigenvalue weighted by atomic mass is 9.94. The molecule has 4 rings (SSSR count). The molecule has 3 fully saturated rings. The quantitative estimate of drug-likeness (QED) is 0.444. The van der Waals surface area contributed by atoms with Crippen LogP contribution in [0.5, 0.6) is 0 Å². The first kappa shape index (κ1) is 24.0. The maximum atomic E-state index is 13.5. The van der Waals surface area contributed by atoms with E-state index in [1.807, 2.05) is 24.8 Å². The minimum Gasteiger partial charge on any atom is -0.357 e. The van der Waals surface area contributed by atoms with E-state index in [0.717, 1.165) is 63.0 Å². The van der Waals surface area contributed by atoms with Crippen molar-refractivity contribution in [3.05, 3.63) is 31.9 Å². The van der Waals surface area contributed by atoms with Crippen LogP contribution in [0.3, 0.4) is 0 Å². The molecule has 1 saturated carbocycles. The highest BCUT2D eigenvalue weighted by Gasteiger charge is 2.38. The number of carbonyl (C=O) groups excluding carboxylic acids is 1. The Labute approximate surface area is 205 Å². The molecule has 6 nitrogen and oxygen atoms in total. The van der Waals surface area contributed by atoms with Gasteiger partial charge in [0.1, 0.15) is 21.8 Å². The summed E-state index contributed by atoms with van der Waals surface area (Å²) in [5.74, 6) is 0.801. The van der Waals surface area contributed by atoms with Crippen molar-refractivity contribution >= 4 is 46.1 Å². The molecule has 0 aromatic carbocycles. The number of aromatic nitrogens is 1. The number of amides is 1. The highest BCUT2D eigenvalue weighted by Crippen LogP contribution is 2.39. The number of pyridine rings is 1. The summed E-state index contributed by atoms with van der Waals surface area (Å²) in [5.41, 5.74) is 1.36. The highest BCUT2D eigenvalue weighted by atomic mass is 32.2. The molecule has 0 N–H and O–H groups in total. The molecule has 0 unspecified atom stereocenters. The van der Waals surface area contributed by atoms with Gasteiger partial charge in [0.25, 0.3) is 11.5 Å². The molecular formula is C25H32N4O2S2. The topological polar surface area (TPSA) is 69.3 Å². The van der Waals surface area contributed by atoms with Gasteiger partial charge in [-0.1, -0.05) is 56.1 Å². The van der Waals surface area contributed by atoms with Crippen LogP contribution >= 0.6 is 24.0 Å². The third-order valence-corrected chi connectivity index (χ3v) is 8.44. The molecule has 3 heterocycles. The van der Waals surface area contributed by atoms with Crippen LogP contribution in [-0.4, -0.2) is 38.8 Å². The summed E-state index contributed by atoms with van der Waals surface area (Å²) >= 11 is 6.98. The Kier molecular flexibility index (Phi) is 7.60. The molecule has 33 heavy (non-hydrogen) atoms. The van der Waals surface area contributed by atoms with Crippen LogP contribution in [0.2, 0.25) is 0 Å². The second-order valence-electron chi connectivity index (χ2n) is 9.14. The molecule has 0 atom stereocenters. The van der Waals surface area contributed by atoms with E-state index in [4.69, 9.17) is 12.2 Å². The number of nitrogens with zero attached hydrogens (tertiary/aromatic N) is 4. The third-order valence-electron chi connectivity index (χ3n) is 7.11. The average Bonchev–Trinajstić information content (AvgIpc) is 2.98. The summed E-state index contributed by atoms with van der Waals surface area (Å²) in [6.45, 7) is 5.98. The van der Waals surface area contributed by atoms with Gasteiger partial charge in [-0.2, -0.15) is 5.26 Å². The number of nitriles is 1. The smallest absolute Gasteiger partial charge is 0.270 e. The molecule has 176 valence electrons. The molecule has 1 aromatic heterocycles. The summed E-state index contributed by atoms with van der Waals surface area (Å²) in [4.78, 5) is 31.3. The standard InChI is InChI=1S/C25H32N4O2S2/c1-3-28-22(27-13-9-4-5-10-14-27)19(17(2)20(16-26)23(28)30)15-21-24(31)29(25(32)33-21)18-11-7-6-8-12-18/h15,18H,3-14H2,1-2H3/b21-15-. The van der Waals surface area contributed by atoms with Crippen molar-refractivity contribution in [2.75, 3.05) is 18.0 Å². The fourth-order valence-corrected chi connectivity index (χ4v) is 6.71. The summed E-state index contributed by atoms with van der Waals surface area (Å²) in [6.07, 6.45) is 11.9. The summed E-state index contributed by atoms with van der Waals surface area (Å²) < 4.78 is 2.33. The van der Waals surface area contributed by atoms with E-state index in [1.165, 1.54) is 31.0 Å². The van der Waals surface area contributed by atoms with Crippen LogP contribution in [0.1, 0.15) is 81.4 Å². The number of anilines is 1. The molecule has 1 aromatic rings. The first-order valence-electron chi connectivity index (χ1n) is 12.2. The number of rotatable bonds is 4.